The van der Waals surface area contributed by atoms with E-state index in [9.17, 15) is 0 Å². The van der Waals surface area contributed by atoms with Gasteiger partial charge in [0.15, 0.2) is 0 Å². The summed E-state index contributed by atoms with van der Waals surface area (Å²) in [6.45, 7) is 21.8. The molecule has 0 unspecified atom stereocenters. The van der Waals surface area contributed by atoms with E-state index in [1.807, 2.05) is 0 Å². The number of hydrogen-bond acceptors (Lipinski definition) is 4. The first-order chi connectivity index (χ1) is 25.2. The van der Waals surface area contributed by atoms with Crippen molar-refractivity contribution in [3.05, 3.63) is 77.9 Å². The quantitative estimate of drug-likeness (QED) is 0.0900. The van der Waals surface area contributed by atoms with Crippen molar-refractivity contribution < 1.29 is 18.6 Å². The van der Waals surface area contributed by atoms with Crippen LogP contribution in [0.5, 0.6) is 0 Å². The Balaban J connectivity index is 1.49. The smallest absolute Gasteiger partial charge is 0.399 e. The third-order valence-corrected chi connectivity index (χ3v) is 12.9. The largest absolute Gasteiger partial charge is 0.495 e. The summed E-state index contributed by atoms with van der Waals surface area (Å²) in [6, 6.07) is 25.1. The predicted octanol–water partition coefficient (Wildman–Crippen LogP) is 10.8. The first-order valence-corrected chi connectivity index (χ1v) is 20.5. The van der Waals surface area contributed by atoms with Gasteiger partial charge in [-0.05, 0) is 132 Å². The summed E-state index contributed by atoms with van der Waals surface area (Å²) in [5.74, 6) is 0. The molecule has 2 fully saturated rings. The molecule has 4 aromatic carbocycles. The lowest BCUT2D eigenvalue weighted by Gasteiger charge is -2.32. The summed E-state index contributed by atoms with van der Waals surface area (Å²) >= 11 is 0. The lowest BCUT2D eigenvalue weighted by molar-refractivity contribution is 0.00578. The summed E-state index contributed by atoms with van der Waals surface area (Å²) in [6.07, 6.45) is 11.6. The van der Waals surface area contributed by atoms with Crippen molar-refractivity contribution in [2.45, 2.75) is 156 Å². The number of benzene rings is 4. The van der Waals surface area contributed by atoms with Crippen molar-refractivity contribution in [2.24, 2.45) is 0 Å². The van der Waals surface area contributed by atoms with Crippen LogP contribution in [0.15, 0.2) is 66.7 Å². The topological polar surface area (TPSA) is 41.9 Å². The first-order valence-electron chi connectivity index (χ1n) is 20.5. The van der Waals surface area contributed by atoms with E-state index in [0.717, 1.165) is 31.1 Å². The summed E-state index contributed by atoms with van der Waals surface area (Å²) in [4.78, 5) is 0. The molecule has 2 aliphatic heterocycles. The Bertz CT molecular complexity index is 2080. The third-order valence-electron chi connectivity index (χ3n) is 12.9. The molecule has 0 amide bonds. The van der Waals surface area contributed by atoms with E-state index in [0.29, 0.717) is 0 Å². The fraction of sp³-hybridized carbons (Fsp3) is 0.522. The van der Waals surface area contributed by atoms with Crippen LogP contribution in [0.1, 0.15) is 132 Å². The highest BCUT2D eigenvalue weighted by Gasteiger charge is 2.53. The summed E-state index contributed by atoms with van der Waals surface area (Å²) in [7, 11) is -0.879. The summed E-state index contributed by atoms with van der Waals surface area (Å²) in [5, 5.41) is 4.93. The molecule has 5 aromatic rings. The SMILES string of the molecule is CCCCCCc1cc(-n2c3ccccc3c3c4ccccc4c(B4OC(C)(C)C(C)(C)O4)cc32)c(CCCCCC)cc1B1OC(C)(C)C(C)(C)O1. The Labute approximate surface area is 319 Å². The molecule has 0 aliphatic carbocycles. The van der Waals surface area contributed by atoms with Crippen LogP contribution in [-0.2, 0) is 31.5 Å². The van der Waals surface area contributed by atoms with E-state index in [1.54, 1.807) is 0 Å². The highest BCUT2D eigenvalue weighted by atomic mass is 16.7. The molecule has 2 saturated heterocycles. The van der Waals surface area contributed by atoms with Crippen LogP contribution in [-0.4, -0.2) is 41.2 Å². The normalized spacial score (nSPS) is 19.0. The van der Waals surface area contributed by atoms with Gasteiger partial charge in [0.05, 0.1) is 33.4 Å². The number of aromatic nitrogens is 1. The Morgan fingerprint density at radius 1 is 0.491 bits per heavy atom. The molecule has 7 rings (SSSR count). The van der Waals surface area contributed by atoms with Crippen LogP contribution in [0.25, 0.3) is 38.3 Å². The molecule has 0 atom stereocenters. The number of unbranched alkanes of at least 4 members (excludes halogenated alkanes) is 6. The molecule has 7 heteroatoms. The van der Waals surface area contributed by atoms with Gasteiger partial charge in [0.1, 0.15) is 0 Å². The maximum Gasteiger partial charge on any atom is 0.495 e. The molecule has 0 saturated carbocycles. The minimum Gasteiger partial charge on any atom is -0.399 e. The molecule has 53 heavy (non-hydrogen) atoms. The van der Waals surface area contributed by atoms with Crippen LogP contribution in [0.3, 0.4) is 0 Å². The lowest BCUT2D eigenvalue weighted by atomic mass is 9.73. The van der Waals surface area contributed by atoms with Gasteiger partial charge < -0.3 is 23.2 Å². The van der Waals surface area contributed by atoms with E-state index >= 15 is 0 Å². The highest BCUT2D eigenvalue weighted by molar-refractivity contribution is 6.66. The van der Waals surface area contributed by atoms with Gasteiger partial charge in [-0.3, -0.25) is 0 Å². The van der Waals surface area contributed by atoms with Gasteiger partial charge in [-0.15, -0.1) is 0 Å². The van der Waals surface area contributed by atoms with Crippen molar-refractivity contribution >= 4 is 57.7 Å². The van der Waals surface area contributed by atoms with Crippen molar-refractivity contribution in [1.82, 2.24) is 4.57 Å². The van der Waals surface area contributed by atoms with Crippen molar-refractivity contribution in [3.63, 3.8) is 0 Å². The first kappa shape index (κ1) is 38.2. The molecular formula is C46H61B2NO4. The van der Waals surface area contributed by atoms with Gasteiger partial charge in [0.25, 0.3) is 0 Å². The van der Waals surface area contributed by atoms with E-state index in [4.69, 9.17) is 18.6 Å². The highest BCUT2D eigenvalue weighted by Crippen LogP contribution is 2.42. The number of rotatable bonds is 13. The molecule has 0 N–H and O–H groups in total. The fourth-order valence-corrected chi connectivity index (χ4v) is 8.28. The maximum absolute atomic E-state index is 6.78. The van der Waals surface area contributed by atoms with Crippen LogP contribution < -0.4 is 10.9 Å². The molecule has 0 bridgehead atoms. The molecule has 0 spiro atoms. The third kappa shape index (κ3) is 6.90. The van der Waals surface area contributed by atoms with E-state index in [1.165, 1.54) is 93.4 Å². The molecule has 2 aliphatic rings. The number of para-hydroxylation sites is 1. The zero-order valence-corrected chi connectivity index (χ0v) is 34.2. The van der Waals surface area contributed by atoms with Crippen molar-refractivity contribution in [2.75, 3.05) is 0 Å². The van der Waals surface area contributed by atoms with Crippen molar-refractivity contribution in [1.29, 1.82) is 0 Å². The summed E-state index contributed by atoms with van der Waals surface area (Å²) in [5.41, 5.74) is 6.90. The van der Waals surface area contributed by atoms with Gasteiger partial charge in [-0.2, -0.15) is 0 Å². The predicted molar refractivity (Wildman–Crippen MR) is 225 cm³/mol. The van der Waals surface area contributed by atoms with Gasteiger partial charge in [-0.1, -0.05) is 101 Å². The standard InChI is InChI=1S/C46H61B2NO4/c1-11-13-15-17-23-32-30-40(33(24-18-16-14-12-2)29-37(32)47-50-43(3,4)44(5,6)51-47)49-39-28-22-21-27-36(39)42-35-26-20-19-25-34(35)38(31-41(42)49)48-52-45(7,8)46(9,10)53-48/h19-22,25-31H,11-18,23-24H2,1-10H3. The second kappa shape index (κ2) is 14.5. The van der Waals surface area contributed by atoms with Gasteiger partial charge >= 0.3 is 14.2 Å². The second-order valence-corrected chi connectivity index (χ2v) is 17.7. The molecule has 0 radical (unpaired) electrons. The monoisotopic (exact) mass is 713 g/mol. The Morgan fingerprint density at radius 2 is 0.981 bits per heavy atom. The Kier molecular flexibility index (Phi) is 10.5. The van der Waals surface area contributed by atoms with E-state index in [-0.39, 0.29) is 0 Å². The number of fused-ring (bicyclic) bond motifs is 5. The van der Waals surface area contributed by atoms with Crippen LogP contribution in [0.4, 0.5) is 0 Å². The zero-order valence-electron chi connectivity index (χ0n) is 34.2. The fourth-order valence-electron chi connectivity index (χ4n) is 8.28. The molecule has 1 aromatic heterocycles. The van der Waals surface area contributed by atoms with Gasteiger partial charge in [0.2, 0.25) is 0 Å². The van der Waals surface area contributed by atoms with Gasteiger partial charge in [0, 0.05) is 16.5 Å². The van der Waals surface area contributed by atoms with E-state index < -0.39 is 36.6 Å². The minimum absolute atomic E-state index is 0.401. The van der Waals surface area contributed by atoms with Crippen molar-refractivity contribution in [3.8, 4) is 5.69 Å². The average molecular weight is 714 g/mol. The van der Waals surface area contributed by atoms with Gasteiger partial charge in [-0.25, -0.2) is 0 Å². The number of hydrogen-bond donors (Lipinski definition) is 0. The average Bonchev–Trinajstić information content (AvgIpc) is 3.65. The molecule has 5 nitrogen and oxygen atoms in total. The Hall–Kier alpha value is -3.09. The van der Waals surface area contributed by atoms with Crippen LogP contribution in [0, 0.1) is 0 Å². The van der Waals surface area contributed by atoms with Crippen LogP contribution >= 0.6 is 0 Å². The Morgan fingerprint density at radius 3 is 1.55 bits per heavy atom. The maximum atomic E-state index is 6.78. The van der Waals surface area contributed by atoms with E-state index in [2.05, 4.69) is 141 Å². The summed E-state index contributed by atoms with van der Waals surface area (Å²) < 4.78 is 29.6. The molecular weight excluding hydrogens is 652 g/mol. The molecule has 3 heterocycles. The lowest BCUT2D eigenvalue weighted by Crippen LogP contribution is -2.41. The zero-order chi connectivity index (χ0) is 37.8. The minimum atomic E-state index is -0.478. The molecule has 280 valence electrons. The van der Waals surface area contributed by atoms with Crippen LogP contribution in [0.2, 0.25) is 0 Å². The number of aryl methyl sites for hydroxylation is 2. The number of nitrogens with zero attached hydrogens (tertiary/aromatic N) is 1. The second-order valence-electron chi connectivity index (χ2n) is 17.7.